The van der Waals surface area contributed by atoms with E-state index in [0.29, 0.717) is 5.52 Å². The van der Waals surface area contributed by atoms with E-state index < -0.39 is 36.1 Å². The van der Waals surface area contributed by atoms with Crippen molar-refractivity contribution in [2.45, 2.75) is 24.5 Å². The minimum atomic E-state index is -1.33. The van der Waals surface area contributed by atoms with Crippen LogP contribution in [-0.4, -0.2) is 60.2 Å². The molecule has 112 valence electrons. The van der Waals surface area contributed by atoms with E-state index in [1.807, 2.05) is 0 Å². The monoisotopic (exact) mass is 296 g/mol. The molecule has 0 aliphatic carbocycles. The maximum Gasteiger partial charge on any atom is 0.299 e. The van der Waals surface area contributed by atoms with Crippen LogP contribution >= 0.6 is 0 Å². The Morgan fingerprint density at radius 2 is 2.14 bits per heavy atom. The molecule has 1 aliphatic heterocycles. The van der Waals surface area contributed by atoms with Gasteiger partial charge in [0.2, 0.25) is 0 Å². The van der Waals surface area contributed by atoms with Gasteiger partial charge in [-0.2, -0.15) is 0 Å². The van der Waals surface area contributed by atoms with E-state index >= 15 is 0 Å². The van der Waals surface area contributed by atoms with E-state index in [1.54, 1.807) is 0 Å². The largest absolute Gasteiger partial charge is 0.394 e. The number of fused-ring (bicyclic) bond motifs is 1. The fraction of sp³-hybridized carbons (Fsp3) is 0.455. The second-order valence-corrected chi connectivity index (χ2v) is 4.66. The Morgan fingerprint density at radius 3 is 2.76 bits per heavy atom. The van der Waals surface area contributed by atoms with Crippen LogP contribution in [0.25, 0.3) is 11.0 Å². The molecule has 10 heteroatoms. The number of nitrogens with zero attached hydrogens (tertiary/aromatic N) is 4. The molecule has 0 radical (unpaired) electrons. The van der Waals surface area contributed by atoms with Crippen molar-refractivity contribution >= 4 is 16.7 Å². The van der Waals surface area contributed by atoms with Gasteiger partial charge < -0.3 is 20.1 Å². The maximum absolute atomic E-state index is 10.9. The van der Waals surface area contributed by atoms with Crippen molar-refractivity contribution in [1.29, 1.82) is 0 Å². The number of rotatable bonds is 3. The summed E-state index contributed by atoms with van der Waals surface area (Å²) in [5.74, 6) is 0. The van der Waals surface area contributed by atoms with Crippen LogP contribution in [0.2, 0.25) is 0 Å². The number of non-ortho nitro benzene ring substituents is 1. The van der Waals surface area contributed by atoms with Crippen molar-refractivity contribution in [3.63, 3.8) is 0 Å². The lowest BCUT2D eigenvalue weighted by Gasteiger charge is -2.14. The zero-order valence-corrected chi connectivity index (χ0v) is 10.6. The van der Waals surface area contributed by atoms with Gasteiger partial charge in [0.15, 0.2) is 11.7 Å². The van der Waals surface area contributed by atoms with Crippen LogP contribution in [0.15, 0.2) is 18.2 Å². The van der Waals surface area contributed by atoms with E-state index in [0.717, 1.165) is 4.68 Å². The van der Waals surface area contributed by atoms with Gasteiger partial charge in [0, 0.05) is 6.07 Å². The minimum Gasteiger partial charge on any atom is -0.394 e. The fourth-order valence-corrected chi connectivity index (χ4v) is 2.37. The van der Waals surface area contributed by atoms with E-state index in [-0.39, 0.29) is 11.2 Å². The molecular formula is C11H12N4O6. The number of ether oxygens (including phenoxy) is 1. The topological polar surface area (TPSA) is 144 Å². The number of aliphatic hydroxyl groups is 3. The number of nitro groups is 1. The van der Waals surface area contributed by atoms with Gasteiger partial charge >= 0.3 is 0 Å². The lowest BCUT2D eigenvalue weighted by Crippen LogP contribution is -2.33. The van der Waals surface area contributed by atoms with Crippen LogP contribution in [0.1, 0.15) is 6.23 Å². The van der Waals surface area contributed by atoms with Gasteiger partial charge in [-0.05, 0) is 6.07 Å². The first kappa shape index (κ1) is 13.8. The molecule has 2 heterocycles. The second-order valence-electron chi connectivity index (χ2n) is 4.66. The smallest absolute Gasteiger partial charge is 0.299 e. The zero-order valence-electron chi connectivity index (χ0n) is 10.6. The predicted molar refractivity (Wildman–Crippen MR) is 67.2 cm³/mol. The summed E-state index contributed by atoms with van der Waals surface area (Å²) in [7, 11) is 0. The number of hydrogen-bond donors (Lipinski definition) is 3. The Labute approximate surface area is 117 Å². The lowest BCUT2D eigenvalue weighted by atomic mass is 10.1. The molecule has 1 saturated heterocycles. The SMILES string of the molecule is O=[N+]([O-])c1cccc2c1nnn2[C@@H]1O[C@H](CO)[C@@H](O)[C@H]1O. The van der Waals surface area contributed by atoms with Crippen molar-refractivity contribution in [2.75, 3.05) is 6.61 Å². The summed E-state index contributed by atoms with van der Waals surface area (Å²) in [5.41, 5.74) is 0.129. The summed E-state index contributed by atoms with van der Waals surface area (Å²) in [4.78, 5) is 10.4. The fourth-order valence-electron chi connectivity index (χ4n) is 2.37. The highest BCUT2D eigenvalue weighted by Crippen LogP contribution is 2.32. The molecule has 1 aromatic heterocycles. The van der Waals surface area contributed by atoms with E-state index in [4.69, 9.17) is 9.84 Å². The number of aliphatic hydroxyl groups excluding tert-OH is 3. The van der Waals surface area contributed by atoms with E-state index in [9.17, 15) is 20.3 Å². The van der Waals surface area contributed by atoms with Crippen molar-refractivity contribution < 1.29 is 25.0 Å². The first-order valence-corrected chi connectivity index (χ1v) is 6.15. The van der Waals surface area contributed by atoms with Crippen molar-refractivity contribution in [3.8, 4) is 0 Å². The van der Waals surface area contributed by atoms with Gasteiger partial charge in [-0.25, -0.2) is 4.68 Å². The Balaban J connectivity index is 2.06. The number of hydrogen-bond acceptors (Lipinski definition) is 8. The molecule has 4 atom stereocenters. The molecule has 3 N–H and O–H groups in total. The predicted octanol–water partition coefficient (Wildman–Crippen LogP) is -1.05. The van der Waals surface area contributed by atoms with Crippen LogP contribution in [0.3, 0.4) is 0 Å². The molecule has 1 aromatic carbocycles. The summed E-state index contributed by atoms with van der Waals surface area (Å²) in [5, 5.41) is 47.2. The van der Waals surface area contributed by atoms with Gasteiger partial charge in [0.05, 0.1) is 17.0 Å². The zero-order chi connectivity index (χ0) is 15.1. The van der Waals surface area contributed by atoms with Gasteiger partial charge in [0.1, 0.15) is 18.3 Å². The summed E-state index contributed by atoms with van der Waals surface area (Å²) in [6.45, 7) is -0.471. The molecule has 3 rings (SSSR count). The van der Waals surface area contributed by atoms with Crippen molar-refractivity contribution in [1.82, 2.24) is 15.0 Å². The summed E-state index contributed by atoms with van der Waals surface area (Å²) in [6, 6.07) is 4.29. The average molecular weight is 296 g/mol. The highest BCUT2D eigenvalue weighted by molar-refractivity contribution is 5.83. The summed E-state index contributed by atoms with van der Waals surface area (Å²) in [6.07, 6.45) is -4.64. The number of nitro benzene ring substituents is 1. The van der Waals surface area contributed by atoms with Crippen LogP contribution in [0.4, 0.5) is 5.69 Å². The highest BCUT2D eigenvalue weighted by Gasteiger charge is 2.44. The van der Waals surface area contributed by atoms with Crippen LogP contribution in [0, 0.1) is 10.1 Å². The summed E-state index contributed by atoms with van der Waals surface area (Å²) >= 11 is 0. The molecule has 0 unspecified atom stereocenters. The summed E-state index contributed by atoms with van der Waals surface area (Å²) < 4.78 is 6.49. The average Bonchev–Trinajstić information content (AvgIpc) is 3.01. The van der Waals surface area contributed by atoms with E-state index in [2.05, 4.69) is 10.3 Å². The lowest BCUT2D eigenvalue weighted by molar-refractivity contribution is -0.383. The highest BCUT2D eigenvalue weighted by atomic mass is 16.6. The molecule has 0 bridgehead atoms. The Bertz CT molecular complexity index is 688. The molecule has 1 aliphatic rings. The second kappa shape index (κ2) is 5.00. The number of aromatic nitrogens is 3. The van der Waals surface area contributed by atoms with E-state index in [1.165, 1.54) is 18.2 Å². The first-order valence-electron chi connectivity index (χ1n) is 6.15. The Kier molecular flexibility index (Phi) is 3.29. The normalized spacial score (nSPS) is 29.1. The van der Waals surface area contributed by atoms with Crippen molar-refractivity contribution in [2.24, 2.45) is 0 Å². The maximum atomic E-state index is 10.9. The Morgan fingerprint density at radius 1 is 1.38 bits per heavy atom. The van der Waals surface area contributed by atoms with Gasteiger partial charge in [-0.15, -0.1) is 5.10 Å². The van der Waals surface area contributed by atoms with Gasteiger partial charge in [-0.3, -0.25) is 10.1 Å². The van der Waals surface area contributed by atoms with Crippen LogP contribution < -0.4 is 0 Å². The Hall–Kier alpha value is -2.14. The third kappa shape index (κ3) is 2.05. The molecule has 0 saturated carbocycles. The third-order valence-electron chi connectivity index (χ3n) is 3.44. The van der Waals surface area contributed by atoms with Crippen molar-refractivity contribution in [3.05, 3.63) is 28.3 Å². The standard InChI is InChI=1S/C11H12N4O6/c16-4-7-9(17)10(18)11(21-7)14-5-2-1-3-6(15(19)20)8(5)12-13-14/h1-3,7,9-11,16-18H,4H2/t7-,9-,10-,11-/m1/s1. The molecule has 2 aromatic rings. The molecular weight excluding hydrogens is 284 g/mol. The molecule has 0 amide bonds. The van der Waals surface area contributed by atoms with Gasteiger partial charge in [0.25, 0.3) is 5.69 Å². The first-order chi connectivity index (χ1) is 10.0. The quantitative estimate of drug-likeness (QED) is 0.481. The third-order valence-corrected chi connectivity index (χ3v) is 3.44. The molecule has 10 nitrogen and oxygen atoms in total. The van der Waals surface area contributed by atoms with Crippen LogP contribution in [0.5, 0.6) is 0 Å². The minimum absolute atomic E-state index is 0.0558. The molecule has 1 fully saturated rings. The van der Waals surface area contributed by atoms with Crippen LogP contribution in [-0.2, 0) is 4.74 Å². The number of benzene rings is 1. The molecule has 21 heavy (non-hydrogen) atoms. The molecule has 0 spiro atoms. The van der Waals surface area contributed by atoms with Gasteiger partial charge in [-0.1, -0.05) is 11.3 Å².